The Bertz CT molecular complexity index is 390. The van der Waals surface area contributed by atoms with Gasteiger partial charge in [0.1, 0.15) is 0 Å². The van der Waals surface area contributed by atoms with Crippen LogP contribution < -0.4 is 0 Å². The maximum atomic E-state index is 10.3. The van der Waals surface area contributed by atoms with Gasteiger partial charge in [0.15, 0.2) is 5.72 Å². The highest BCUT2D eigenvalue weighted by Crippen LogP contribution is 2.22. The molecule has 0 saturated carbocycles. The highest BCUT2D eigenvalue weighted by atomic mass is 16.3. The molecule has 1 N–H and O–H groups in total. The van der Waals surface area contributed by atoms with Crippen molar-refractivity contribution < 1.29 is 5.11 Å². The van der Waals surface area contributed by atoms with Crippen molar-refractivity contribution in [3.63, 3.8) is 0 Å². The monoisotopic (exact) mass is 187 g/mol. The average molecular weight is 187 g/mol. The molecule has 2 nitrogen and oxygen atoms in total. The van der Waals surface area contributed by atoms with Crippen molar-refractivity contribution in [1.29, 1.82) is 0 Å². The first kappa shape index (κ1) is 9.03. The van der Waals surface area contributed by atoms with E-state index in [0.717, 1.165) is 5.56 Å². The number of hydrogen-bond acceptors (Lipinski definition) is 1. The fraction of sp³-hybridized carbons (Fsp3) is 0.167. The van der Waals surface area contributed by atoms with Gasteiger partial charge in [-0.15, -0.1) is 0 Å². The van der Waals surface area contributed by atoms with Crippen LogP contribution >= 0.6 is 0 Å². The van der Waals surface area contributed by atoms with E-state index >= 15 is 0 Å². The summed E-state index contributed by atoms with van der Waals surface area (Å²) in [7, 11) is 0. The highest BCUT2D eigenvalue weighted by Gasteiger charge is 2.23. The summed E-state index contributed by atoms with van der Waals surface area (Å²) in [5.74, 6) is 0. The Morgan fingerprint density at radius 1 is 1.00 bits per heavy atom. The van der Waals surface area contributed by atoms with E-state index in [4.69, 9.17) is 0 Å². The Morgan fingerprint density at radius 3 is 2.14 bits per heavy atom. The number of nitrogens with zero attached hydrogens (tertiary/aromatic N) is 1. The van der Waals surface area contributed by atoms with E-state index in [0.29, 0.717) is 0 Å². The maximum Gasteiger partial charge on any atom is 0.164 e. The topological polar surface area (TPSA) is 25.2 Å². The lowest BCUT2D eigenvalue weighted by molar-refractivity contribution is 0.0257. The van der Waals surface area contributed by atoms with Gasteiger partial charge in [0.25, 0.3) is 0 Å². The first-order chi connectivity index (χ1) is 6.71. The molecule has 0 unspecified atom stereocenters. The molecule has 0 fully saturated rings. The minimum Gasteiger partial charge on any atom is -0.367 e. The van der Waals surface area contributed by atoms with Crippen molar-refractivity contribution >= 4 is 0 Å². The fourth-order valence-electron chi connectivity index (χ4n) is 1.53. The lowest BCUT2D eigenvalue weighted by Crippen LogP contribution is -2.29. The standard InChI is InChI=1S/C12H13NO/c1-12(14,13-9-5-6-10-13)11-7-3-2-4-8-11/h2-10,14H,1H3/t12-/m1/s1. The van der Waals surface area contributed by atoms with Crippen LogP contribution in [0.15, 0.2) is 54.9 Å². The van der Waals surface area contributed by atoms with Gasteiger partial charge in [-0.3, -0.25) is 0 Å². The molecule has 1 heterocycles. The van der Waals surface area contributed by atoms with Crippen LogP contribution in [-0.2, 0) is 5.72 Å². The summed E-state index contributed by atoms with van der Waals surface area (Å²) in [5.41, 5.74) is -0.0821. The van der Waals surface area contributed by atoms with Crippen molar-refractivity contribution in [2.45, 2.75) is 12.6 Å². The van der Waals surface area contributed by atoms with Gasteiger partial charge in [-0.2, -0.15) is 0 Å². The molecule has 1 aromatic heterocycles. The molecule has 0 spiro atoms. The van der Waals surface area contributed by atoms with Crippen LogP contribution in [0.25, 0.3) is 0 Å². The zero-order valence-electron chi connectivity index (χ0n) is 8.09. The minimum atomic E-state index is -0.968. The number of aromatic nitrogens is 1. The second kappa shape index (κ2) is 3.31. The van der Waals surface area contributed by atoms with Crippen LogP contribution in [0, 0.1) is 0 Å². The number of hydrogen-bond donors (Lipinski definition) is 1. The molecule has 0 saturated heterocycles. The van der Waals surface area contributed by atoms with Crippen LogP contribution in [0.5, 0.6) is 0 Å². The third-order valence-electron chi connectivity index (χ3n) is 2.43. The molecule has 1 atom stereocenters. The Balaban J connectivity index is 2.43. The summed E-state index contributed by atoms with van der Waals surface area (Å²) in [5, 5.41) is 10.3. The molecule has 0 amide bonds. The summed E-state index contributed by atoms with van der Waals surface area (Å²) in [6.07, 6.45) is 3.71. The predicted molar refractivity (Wildman–Crippen MR) is 55.8 cm³/mol. The highest BCUT2D eigenvalue weighted by molar-refractivity contribution is 5.22. The summed E-state index contributed by atoms with van der Waals surface area (Å²) in [6, 6.07) is 13.4. The maximum absolute atomic E-state index is 10.3. The largest absolute Gasteiger partial charge is 0.367 e. The van der Waals surface area contributed by atoms with Gasteiger partial charge in [-0.1, -0.05) is 30.3 Å². The van der Waals surface area contributed by atoms with Crippen LogP contribution in [-0.4, -0.2) is 9.67 Å². The lowest BCUT2D eigenvalue weighted by atomic mass is 10.1. The molecule has 2 heteroatoms. The first-order valence-electron chi connectivity index (χ1n) is 4.62. The van der Waals surface area contributed by atoms with E-state index in [1.807, 2.05) is 54.9 Å². The van der Waals surface area contributed by atoms with Crippen molar-refractivity contribution in [3.05, 3.63) is 60.4 Å². The summed E-state index contributed by atoms with van der Waals surface area (Å²) >= 11 is 0. The molecule has 0 aliphatic heterocycles. The van der Waals surface area contributed by atoms with Crippen molar-refractivity contribution in [2.24, 2.45) is 0 Å². The van der Waals surface area contributed by atoms with Gasteiger partial charge in [0.05, 0.1) is 0 Å². The van der Waals surface area contributed by atoms with Crippen LogP contribution in [0.2, 0.25) is 0 Å². The van der Waals surface area contributed by atoms with E-state index in [1.165, 1.54) is 0 Å². The minimum absolute atomic E-state index is 0.885. The van der Waals surface area contributed by atoms with E-state index in [2.05, 4.69) is 0 Å². The third-order valence-corrected chi connectivity index (χ3v) is 2.43. The average Bonchev–Trinajstić information content (AvgIpc) is 2.72. The molecule has 72 valence electrons. The van der Waals surface area contributed by atoms with Crippen molar-refractivity contribution in [2.75, 3.05) is 0 Å². The summed E-state index contributed by atoms with van der Waals surface area (Å²) < 4.78 is 1.78. The molecule has 2 rings (SSSR count). The van der Waals surface area contributed by atoms with Crippen molar-refractivity contribution in [3.8, 4) is 0 Å². The first-order valence-corrected chi connectivity index (χ1v) is 4.62. The van der Waals surface area contributed by atoms with Crippen LogP contribution in [0.1, 0.15) is 12.5 Å². The van der Waals surface area contributed by atoms with Gasteiger partial charge in [0.2, 0.25) is 0 Å². The number of benzene rings is 1. The third kappa shape index (κ3) is 1.44. The quantitative estimate of drug-likeness (QED) is 0.766. The van der Waals surface area contributed by atoms with Crippen LogP contribution in [0.3, 0.4) is 0 Å². The zero-order valence-corrected chi connectivity index (χ0v) is 8.09. The smallest absolute Gasteiger partial charge is 0.164 e. The normalized spacial score (nSPS) is 15.0. The zero-order chi connectivity index (χ0) is 10.0. The Morgan fingerprint density at radius 2 is 1.57 bits per heavy atom. The SMILES string of the molecule is C[C@@](O)(c1ccccc1)n1cccc1. The summed E-state index contributed by atoms with van der Waals surface area (Å²) in [4.78, 5) is 0. The second-order valence-corrected chi connectivity index (χ2v) is 3.48. The van der Waals surface area contributed by atoms with Crippen molar-refractivity contribution in [1.82, 2.24) is 4.57 Å². The molecule has 0 aliphatic carbocycles. The molecule has 14 heavy (non-hydrogen) atoms. The molecule has 0 aliphatic rings. The van der Waals surface area contributed by atoms with E-state index in [1.54, 1.807) is 11.5 Å². The molecular weight excluding hydrogens is 174 g/mol. The summed E-state index contributed by atoms with van der Waals surface area (Å²) in [6.45, 7) is 1.78. The van der Waals surface area contributed by atoms with Crippen LogP contribution in [0.4, 0.5) is 0 Å². The fourth-order valence-corrected chi connectivity index (χ4v) is 1.53. The van der Waals surface area contributed by atoms with Gasteiger partial charge in [-0.25, -0.2) is 0 Å². The lowest BCUT2D eigenvalue weighted by Gasteiger charge is -2.25. The van der Waals surface area contributed by atoms with Gasteiger partial charge < -0.3 is 9.67 Å². The molecule has 0 bridgehead atoms. The van der Waals surface area contributed by atoms with E-state index in [9.17, 15) is 5.11 Å². The second-order valence-electron chi connectivity index (χ2n) is 3.48. The van der Waals surface area contributed by atoms with E-state index < -0.39 is 5.72 Å². The number of aliphatic hydroxyl groups is 1. The predicted octanol–water partition coefficient (Wildman–Crippen LogP) is 2.20. The molecule has 2 aromatic rings. The Labute approximate surface area is 83.4 Å². The molecule has 1 aromatic carbocycles. The van der Waals surface area contributed by atoms with Gasteiger partial charge >= 0.3 is 0 Å². The van der Waals surface area contributed by atoms with Gasteiger partial charge in [0, 0.05) is 18.0 Å². The Hall–Kier alpha value is -1.54. The Kier molecular flexibility index (Phi) is 2.14. The molecular formula is C12H13NO. The number of rotatable bonds is 2. The molecule has 0 radical (unpaired) electrons. The van der Waals surface area contributed by atoms with Gasteiger partial charge in [-0.05, 0) is 19.1 Å². The van der Waals surface area contributed by atoms with E-state index in [-0.39, 0.29) is 0 Å².